The lowest BCUT2D eigenvalue weighted by Crippen LogP contribution is -2.20. The third-order valence-corrected chi connectivity index (χ3v) is 14.1. The SMILES string of the molecule is COc1ccc(-c2ccc3c(c2)C(C)(C)c2c(-c4ccccc4)c(-c4ccccc4)c4c(c2-3)-c2ccc(-c3ccc5oc6ccccc6c5c3)cc2C4(C)C)cc1-c1ccccc1. The van der Waals surface area contributed by atoms with Crippen molar-refractivity contribution in [1.29, 1.82) is 0 Å². The highest BCUT2D eigenvalue weighted by Gasteiger charge is 2.48. The Balaban J connectivity index is 1.12. The number of hydrogen-bond acceptors (Lipinski definition) is 2. The van der Waals surface area contributed by atoms with Gasteiger partial charge >= 0.3 is 0 Å². The molecule has 0 unspecified atom stereocenters. The van der Waals surface area contributed by atoms with Crippen molar-refractivity contribution in [3.8, 4) is 83.6 Å². The van der Waals surface area contributed by atoms with Gasteiger partial charge in [0.25, 0.3) is 0 Å². The fourth-order valence-corrected chi connectivity index (χ4v) is 11.1. The lowest BCUT2D eigenvalue weighted by atomic mass is 9.71. The number of fused-ring (bicyclic) bond motifs is 10. The molecule has 12 rings (SSSR count). The van der Waals surface area contributed by atoms with Gasteiger partial charge in [-0.2, -0.15) is 0 Å². The van der Waals surface area contributed by atoms with E-state index >= 15 is 0 Å². The molecule has 0 aliphatic heterocycles. The normalized spacial score (nSPS) is 14.0. The van der Waals surface area contributed by atoms with Gasteiger partial charge in [0.15, 0.2) is 0 Å². The van der Waals surface area contributed by atoms with Gasteiger partial charge in [-0.15, -0.1) is 0 Å². The van der Waals surface area contributed by atoms with Crippen LogP contribution >= 0.6 is 0 Å². The van der Waals surface area contributed by atoms with Crippen molar-refractivity contribution in [3.05, 3.63) is 210 Å². The zero-order chi connectivity index (χ0) is 42.6. The lowest BCUT2D eigenvalue weighted by Gasteiger charge is -2.32. The first-order valence-electron chi connectivity index (χ1n) is 22.0. The first-order valence-corrected chi connectivity index (χ1v) is 22.0. The number of furan rings is 1. The largest absolute Gasteiger partial charge is 0.496 e. The minimum absolute atomic E-state index is 0.319. The van der Waals surface area contributed by atoms with Crippen LogP contribution in [0.5, 0.6) is 5.75 Å². The molecule has 0 N–H and O–H groups in total. The fourth-order valence-electron chi connectivity index (χ4n) is 11.1. The molecule has 0 saturated carbocycles. The van der Waals surface area contributed by atoms with Crippen molar-refractivity contribution in [2.75, 3.05) is 7.11 Å². The topological polar surface area (TPSA) is 22.4 Å². The summed E-state index contributed by atoms with van der Waals surface area (Å²) in [6.45, 7) is 9.77. The monoisotopic (exact) mass is 810 g/mol. The summed E-state index contributed by atoms with van der Waals surface area (Å²) in [7, 11) is 1.75. The molecule has 0 bridgehead atoms. The summed E-state index contributed by atoms with van der Waals surface area (Å²) < 4.78 is 12.1. The van der Waals surface area contributed by atoms with Gasteiger partial charge in [-0.1, -0.05) is 173 Å². The third kappa shape index (κ3) is 5.50. The molecule has 2 nitrogen and oxygen atoms in total. The van der Waals surface area contributed by atoms with E-state index < -0.39 is 0 Å². The fraction of sp³-hybridized carbons (Fsp3) is 0.115. The van der Waals surface area contributed by atoms with Gasteiger partial charge in [0.1, 0.15) is 16.9 Å². The summed E-state index contributed by atoms with van der Waals surface area (Å²) >= 11 is 0. The van der Waals surface area contributed by atoms with Crippen LogP contribution in [0.3, 0.4) is 0 Å². The number of para-hydroxylation sites is 1. The van der Waals surface area contributed by atoms with E-state index in [4.69, 9.17) is 9.15 Å². The summed E-state index contributed by atoms with van der Waals surface area (Å²) in [5, 5.41) is 2.29. The number of rotatable bonds is 6. The van der Waals surface area contributed by atoms with Crippen LogP contribution in [-0.2, 0) is 10.8 Å². The number of methoxy groups -OCH3 is 1. The Labute approximate surface area is 369 Å². The molecule has 10 aromatic rings. The molecule has 9 aromatic carbocycles. The Morgan fingerprint density at radius 1 is 0.349 bits per heavy atom. The molecule has 0 fully saturated rings. The molecule has 1 heterocycles. The van der Waals surface area contributed by atoms with Gasteiger partial charge in [0.05, 0.1) is 7.11 Å². The zero-order valence-corrected chi connectivity index (χ0v) is 36.2. The average molecular weight is 811 g/mol. The van der Waals surface area contributed by atoms with Crippen molar-refractivity contribution in [1.82, 2.24) is 0 Å². The highest BCUT2D eigenvalue weighted by atomic mass is 16.5. The van der Waals surface area contributed by atoms with Crippen LogP contribution in [-0.4, -0.2) is 7.11 Å². The maximum atomic E-state index is 6.24. The van der Waals surface area contributed by atoms with E-state index in [1.165, 1.54) is 89.0 Å². The minimum Gasteiger partial charge on any atom is -0.496 e. The number of benzene rings is 9. The van der Waals surface area contributed by atoms with E-state index in [2.05, 4.69) is 210 Å². The number of hydrogen-bond donors (Lipinski definition) is 0. The van der Waals surface area contributed by atoms with Crippen molar-refractivity contribution in [2.45, 2.75) is 38.5 Å². The van der Waals surface area contributed by atoms with Gasteiger partial charge < -0.3 is 9.15 Å². The zero-order valence-electron chi connectivity index (χ0n) is 36.2. The van der Waals surface area contributed by atoms with E-state index in [0.29, 0.717) is 0 Å². The highest BCUT2D eigenvalue weighted by molar-refractivity contribution is 6.10. The molecule has 2 aliphatic rings. The van der Waals surface area contributed by atoms with Gasteiger partial charge in [-0.05, 0) is 137 Å². The molecule has 0 saturated heterocycles. The van der Waals surface area contributed by atoms with Crippen LogP contribution in [0, 0.1) is 0 Å². The Morgan fingerprint density at radius 2 is 0.794 bits per heavy atom. The van der Waals surface area contributed by atoms with Crippen LogP contribution in [0.25, 0.3) is 99.8 Å². The maximum Gasteiger partial charge on any atom is 0.135 e. The smallest absolute Gasteiger partial charge is 0.135 e. The van der Waals surface area contributed by atoms with E-state index in [-0.39, 0.29) is 10.8 Å². The number of ether oxygens (including phenoxy) is 1. The van der Waals surface area contributed by atoms with Gasteiger partial charge in [0, 0.05) is 27.2 Å². The van der Waals surface area contributed by atoms with E-state index in [0.717, 1.165) is 38.8 Å². The summed E-state index contributed by atoms with van der Waals surface area (Å²) in [5.41, 5.74) is 24.2. The molecule has 1 aromatic heterocycles. The average Bonchev–Trinajstić information content (AvgIpc) is 3.90. The molecule has 0 radical (unpaired) electrons. The molecule has 0 atom stereocenters. The Morgan fingerprint density at radius 3 is 1.35 bits per heavy atom. The van der Waals surface area contributed by atoms with E-state index in [9.17, 15) is 0 Å². The van der Waals surface area contributed by atoms with Gasteiger partial charge in [-0.25, -0.2) is 0 Å². The van der Waals surface area contributed by atoms with Crippen molar-refractivity contribution in [2.24, 2.45) is 0 Å². The molecular formula is C61H46O2. The Bertz CT molecular complexity index is 3460. The van der Waals surface area contributed by atoms with Crippen LogP contribution in [0.1, 0.15) is 49.9 Å². The molecule has 2 aliphatic carbocycles. The molecule has 63 heavy (non-hydrogen) atoms. The molecular weight excluding hydrogens is 765 g/mol. The standard InChI is InChI=1S/C61H46O2/c1-60(2)49-35-42(40-27-31-51(62-5)47(33-40)37-17-9-6-10-18-37)25-29-45(49)56-57-46-30-26-43(41-28-32-53-48(34-41)44-23-15-16-24-52(44)63-53)36-50(46)61(3,4)59(57)55(39-21-13-8-14-22-39)54(58(56)60)38-19-11-7-12-20-38/h6-36H,1-5H3. The summed E-state index contributed by atoms with van der Waals surface area (Å²) in [4.78, 5) is 0. The summed E-state index contributed by atoms with van der Waals surface area (Å²) in [6, 6.07) is 68.8. The Kier molecular flexibility index (Phi) is 8.18. The first kappa shape index (κ1) is 37.4. The summed E-state index contributed by atoms with van der Waals surface area (Å²) in [6.07, 6.45) is 0. The molecule has 2 heteroatoms. The van der Waals surface area contributed by atoms with Crippen LogP contribution in [0.2, 0.25) is 0 Å². The van der Waals surface area contributed by atoms with Gasteiger partial charge in [-0.3, -0.25) is 0 Å². The van der Waals surface area contributed by atoms with Crippen LogP contribution in [0.4, 0.5) is 0 Å². The first-order chi connectivity index (χ1) is 30.7. The van der Waals surface area contributed by atoms with Gasteiger partial charge in [0.2, 0.25) is 0 Å². The molecule has 0 amide bonds. The highest BCUT2D eigenvalue weighted by Crippen LogP contribution is 2.65. The summed E-state index contributed by atoms with van der Waals surface area (Å²) in [5.74, 6) is 0.871. The van der Waals surface area contributed by atoms with E-state index in [1.54, 1.807) is 7.11 Å². The van der Waals surface area contributed by atoms with Crippen molar-refractivity contribution in [3.63, 3.8) is 0 Å². The molecule has 0 spiro atoms. The van der Waals surface area contributed by atoms with Crippen molar-refractivity contribution < 1.29 is 9.15 Å². The van der Waals surface area contributed by atoms with Crippen LogP contribution in [0.15, 0.2) is 192 Å². The van der Waals surface area contributed by atoms with Crippen molar-refractivity contribution >= 4 is 21.9 Å². The third-order valence-electron chi connectivity index (χ3n) is 14.1. The second kappa shape index (κ2) is 13.8. The minimum atomic E-state index is -0.325. The second-order valence-electron chi connectivity index (χ2n) is 18.3. The quantitative estimate of drug-likeness (QED) is 0.167. The maximum absolute atomic E-state index is 6.24. The Hall–Kier alpha value is -7.42. The molecule has 302 valence electrons. The van der Waals surface area contributed by atoms with Crippen LogP contribution < -0.4 is 4.74 Å². The predicted octanol–water partition coefficient (Wildman–Crippen LogP) is 16.5. The van der Waals surface area contributed by atoms with E-state index in [1.807, 2.05) is 6.07 Å². The lowest BCUT2D eigenvalue weighted by molar-refractivity contribution is 0.416. The second-order valence-corrected chi connectivity index (χ2v) is 18.3. The predicted molar refractivity (Wildman–Crippen MR) is 263 cm³/mol.